The first-order chi connectivity index (χ1) is 4.43. The fourth-order valence-corrected chi connectivity index (χ4v) is 0.894. The number of rotatable bonds is 1. The van der Waals surface area contributed by atoms with Crippen molar-refractivity contribution in [2.45, 2.75) is 19.3 Å². The average molecular weight is 124 g/mol. The van der Waals surface area contributed by atoms with Gasteiger partial charge in [-0.2, -0.15) is 0 Å². The van der Waals surface area contributed by atoms with Gasteiger partial charge in [-0.25, -0.2) is 0 Å². The Morgan fingerprint density at radius 3 is 3.22 bits per heavy atom. The van der Waals surface area contributed by atoms with Crippen molar-refractivity contribution in [2.24, 2.45) is 5.84 Å². The van der Waals surface area contributed by atoms with Crippen LogP contribution >= 0.6 is 0 Å². The molecule has 2 nitrogen and oxygen atoms in total. The van der Waals surface area contributed by atoms with Gasteiger partial charge in [0.05, 0.1) is 0 Å². The largest absolute Gasteiger partial charge is 0.328 e. The van der Waals surface area contributed by atoms with Gasteiger partial charge in [0.1, 0.15) is 0 Å². The zero-order valence-corrected chi connectivity index (χ0v) is 5.43. The van der Waals surface area contributed by atoms with E-state index in [1.807, 2.05) is 12.2 Å². The summed E-state index contributed by atoms with van der Waals surface area (Å²) in [5.41, 5.74) is 3.78. The quantitative estimate of drug-likeness (QED) is 0.405. The Kier molecular flexibility index (Phi) is 2.33. The number of hydrogen-bond acceptors (Lipinski definition) is 2. The van der Waals surface area contributed by atoms with Gasteiger partial charge in [-0.3, -0.25) is 5.84 Å². The Labute approximate surface area is 55.4 Å². The van der Waals surface area contributed by atoms with Crippen molar-refractivity contribution in [3.63, 3.8) is 0 Å². The second kappa shape index (κ2) is 3.30. The van der Waals surface area contributed by atoms with Gasteiger partial charge in [0, 0.05) is 5.70 Å². The van der Waals surface area contributed by atoms with E-state index in [2.05, 4.69) is 11.5 Å². The summed E-state index contributed by atoms with van der Waals surface area (Å²) in [6.07, 6.45) is 9.66. The molecule has 0 bridgehead atoms. The lowest BCUT2D eigenvalue weighted by Crippen LogP contribution is -2.20. The molecule has 2 heteroatoms. The molecule has 9 heavy (non-hydrogen) atoms. The van der Waals surface area contributed by atoms with E-state index in [0.717, 1.165) is 12.1 Å². The SMILES string of the molecule is NNC1=CC=CCCC1. The summed E-state index contributed by atoms with van der Waals surface area (Å²) in [5.74, 6) is 5.22. The molecule has 0 spiro atoms. The molecule has 0 atom stereocenters. The standard InChI is InChI=1S/C7H12N2/c8-9-7-5-3-1-2-4-6-7/h1,3,5,9H,2,4,6,8H2. The topological polar surface area (TPSA) is 38.0 Å². The van der Waals surface area contributed by atoms with Crippen LogP contribution in [0.5, 0.6) is 0 Å². The molecule has 0 unspecified atom stereocenters. The van der Waals surface area contributed by atoms with Gasteiger partial charge in [-0.15, -0.1) is 0 Å². The first-order valence-corrected chi connectivity index (χ1v) is 3.26. The molecule has 0 aromatic carbocycles. The smallest absolute Gasteiger partial charge is 0.0259 e. The van der Waals surface area contributed by atoms with E-state index >= 15 is 0 Å². The lowest BCUT2D eigenvalue weighted by atomic mass is 10.2. The third-order valence-corrected chi connectivity index (χ3v) is 1.44. The predicted octanol–water partition coefficient (Wildman–Crippen LogP) is 1.07. The number of nitrogens with two attached hydrogens (primary N) is 1. The van der Waals surface area contributed by atoms with E-state index < -0.39 is 0 Å². The molecule has 0 heterocycles. The van der Waals surface area contributed by atoms with E-state index in [0.29, 0.717) is 0 Å². The van der Waals surface area contributed by atoms with Crippen LogP contribution in [0.25, 0.3) is 0 Å². The van der Waals surface area contributed by atoms with Crippen LogP contribution in [-0.2, 0) is 0 Å². The average Bonchev–Trinajstić information content (AvgIpc) is 2.13. The Balaban J connectivity index is 2.49. The van der Waals surface area contributed by atoms with Crippen LogP contribution in [0.2, 0.25) is 0 Å². The van der Waals surface area contributed by atoms with E-state index in [-0.39, 0.29) is 0 Å². The first kappa shape index (κ1) is 6.36. The lowest BCUT2D eigenvalue weighted by molar-refractivity contribution is 0.750. The van der Waals surface area contributed by atoms with E-state index in [9.17, 15) is 0 Å². The minimum absolute atomic E-state index is 1.07. The van der Waals surface area contributed by atoms with Crippen molar-refractivity contribution in [3.05, 3.63) is 23.9 Å². The highest BCUT2D eigenvalue weighted by Gasteiger charge is 1.94. The van der Waals surface area contributed by atoms with E-state index in [1.54, 1.807) is 0 Å². The van der Waals surface area contributed by atoms with Gasteiger partial charge in [0.25, 0.3) is 0 Å². The number of nitrogens with one attached hydrogen (secondary N) is 1. The second-order valence-corrected chi connectivity index (χ2v) is 2.16. The molecule has 0 aromatic rings. The highest BCUT2D eigenvalue weighted by Crippen LogP contribution is 2.08. The van der Waals surface area contributed by atoms with Crippen LogP contribution in [0.1, 0.15) is 19.3 Å². The highest BCUT2D eigenvalue weighted by atomic mass is 15.2. The molecule has 50 valence electrons. The van der Waals surface area contributed by atoms with Gasteiger partial charge in [0.15, 0.2) is 0 Å². The van der Waals surface area contributed by atoms with Crippen LogP contribution in [0.3, 0.4) is 0 Å². The van der Waals surface area contributed by atoms with Crippen LogP contribution in [0.4, 0.5) is 0 Å². The van der Waals surface area contributed by atoms with Crippen LogP contribution in [-0.4, -0.2) is 0 Å². The summed E-state index contributed by atoms with van der Waals surface area (Å²) in [6.45, 7) is 0. The Morgan fingerprint density at radius 1 is 1.56 bits per heavy atom. The van der Waals surface area contributed by atoms with Crippen molar-refractivity contribution in [3.8, 4) is 0 Å². The van der Waals surface area contributed by atoms with Gasteiger partial charge in [-0.05, 0) is 25.3 Å². The molecule has 0 radical (unpaired) electrons. The monoisotopic (exact) mass is 124 g/mol. The molecule has 0 aliphatic heterocycles. The van der Waals surface area contributed by atoms with Gasteiger partial charge in [-0.1, -0.05) is 12.2 Å². The molecule has 0 saturated heterocycles. The summed E-state index contributed by atoms with van der Waals surface area (Å²) < 4.78 is 0. The van der Waals surface area contributed by atoms with Gasteiger partial charge in [0.2, 0.25) is 0 Å². The Bertz CT molecular complexity index is 136. The number of hydrazine groups is 1. The molecular formula is C7H12N2. The molecule has 3 N–H and O–H groups in total. The fraction of sp³-hybridized carbons (Fsp3) is 0.429. The minimum Gasteiger partial charge on any atom is -0.328 e. The van der Waals surface area contributed by atoms with E-state index in [1.165, 1.54) is 12.8 Å². The Morgan fingerprint density at radius 2 is 2.44 bits per heavy atom. The fourth-order valence-electron chi connectivity index (χ4n) is 0.894. The summed E-state index contributed by atoms with van der Waals surface area (Å²) in [6, 6.07) is 0. The third kappa shape index (κ3) is 1.90. The van der Waals surface area contributed by atoms with Crippen molar-refractivity contribution >= 4 is 0 Å². The molecular weight excluding hydrogens is 112 g/mol. The molecule has 0 aromatic heterocycles. The maximum Gasteiger partial charge on any atom is 0.0259 e. The second-order valence-electron chi connectivity index (χ2n) is 2.16. The van der Waals surface area contributed by atoms with Gasteiger partial charge < -0.3 is 5.43 Å². The molecule has 1 aliphatic rings. The highest BCUT2D eigenvalue weighted by molar-refractivity contribution is 5.12. The maximum atomic E-state index is 5.22. The first-order valence-electron chi connectivity index (χ1n) is 3.26. The summed E-state index contributed by atoms with van der Waals surface area (Å²) in [5, 5.41) is 0. The minimum atomic E-state index is 1.07. The Hall–Kier alpha value is -0.760. The van der Waals surface area contributed by atoms with Crippen molar-refractivity contribution in [1.82, 2.24) is 5.43 Å². The predicted molar refractivity (Wildman–Crippen MR) is 38.4 cm³/mol. The molecule has 0 saturated carbocycles. The zero-order valence-electron chi connectivity index (χ0n) is 5.43. The van der Waals surface area contributed by atoms with Crippen LogP contribution < -0.4 is 11.3 Å². The zero-order chi connectivity index (χ0) is 6.53. The lowest BCUT2D eigenvalue weighted by Gasteiger charge is -2.00. The summed E-state index contributed by atoms with van der Waals surface area (Å²) >= 11 is 0. The van der Waals surface area contributed by atoms with Crippen LogP contribution in [0.15, 0.2) is 23.9 Å². The number of hydrogen-bond donors (Lipinski definition) is 2. The summed E-state index contributed by atoms with van der Waals surface area (Å²) in [7, 11) is 0. The number of allylic oxidation sites excluding steroid dienone is 4. The third-order valence-electron chi connectivity index (χ3n) is 1.44. The normalized spacial score (nSPS) is 18.6. The van der Waals surface area contributed by atoms with Gasteiger partial charge >= 0.3 is 0 Å². The van der Waals surface area contributed by atoms with E-state index in [4.69, 9.17) is 5.84 Å². The summed E-state index contributed by atoms with van der Waals surface area (Å²) in [4.78, 5) is 0. The molecule has 1 rings (SSSR count). The van der Waals surface area contributed by atoms with Crippen molar-refractivity contribution < 1.29 is 0 Å². The molecule has 1 aliphatic carbocycles. The molecule has 0 fully saturated rings. The van der Waals surface area contributed by atoms with Crippen LogP contribution in [0, 0.1) is 0 Å². The maximum absolute atomic E-state index is 5.22. The van der Waals surface area contributed by atoms with Crippen molar-refractivity contribution in [1.29, 1.82) is 0 Å². The van der Waals surface area contributed by atoms with Crippen molar-refractivity contribution in [2.75, 3.05) is 0 Å². The molecule has 0 amide bonds.